The highest BCUT2D eigenvalue weighted by Crippen LogP contribution is 2.44. The summed E-state index contributed by atoms with van der Waals surface area (Å²) in [6.45, 7) is 1.34. The molecule has 0 saturated carbocycles. The first-order valence-electron chi connectivity index (χ1n) is 6.56. The molecule has 4 N–H and O–H groups in total. The van der Waals surface area contributed by atoms with Crippen LogP contribution in [0.2, 0.25) is 0 Å². The maximum Gasteiger partial charge on any atom is 0.470 e. The fraction of sp³-hybridized carbons (Fsp3) is 0.636. The molecule has 0 aliphatic carbocycles. The summed E-state index contributed by atoms with van der Waals surface area (Å²) in [6, 6.07) is 1.08. The lowest BCUT2D eigenvalue weighted by Gasteiger charge is -2.24. The van der Waals surface area contributed by atoms with Crippen molar-refractivity contribution < 1.29 is 33.5 Å². The van der Waals surface area contributed by atoms with Crippen LogP contribution in [0.5, 0.6) is 0 Å². The monoisotopic (exact) mass is 352 g/mol. The van der Waals surface area contributed by atoms with Gasteiger partial charge in [0.05, 0.1) is 6.10 Å². The van der Waals surface area contributed by atoms with Crippen LogP contribution in [0.4, 0.5) is 0 Å². The third-order valence-corrected chi connectivity index (χ3v) is 3.88. The van der Waals surface area contributed by atoms with Gasteiger partial charge in [0, 0.05) is 19.4 Å². The molecule has 0 amide bonds. The van der Waals surface area contributed by atoms with Gasteiger partial charge >= 0.3 is 13.5 Å². The Morgan fingerprint density at radius 2 is 2.04 bits per heavy atom. The van der Waals surface area contributed by atoms with Gasteiger partial charge in [-0.05, 0) is 6.92 Å². The average Bonchev–Trinajstić information content (AvgIpc) is 2.75. The van der Waals surface area contributed by atoms with Gasteiger partial charge in [-0.25, -0.2) is 9.36 Å². The molecule has 12 heteroatoms. The highest BCUT2D eigenvalue weighted by Gasteiger charge is 2.51. The molecule has 0 radical (unpaired) electrons. The third-order valence-electron chi connectivity index (χ3n) is 3.36. The molecule has 1 saturated heterocycles. The zero-order chi connectivity index (χ0) is 17.4. The number of methoxy groups -OCH3 is 1. The Morgan fingerprint density at radius 3 is 2.52 bits per heavy atom. The number of aromatic amines is 1. The van der Waals surface area contributed by atoms with Crippen molar-refractivity contribution in [3.8, 4) is 0 Å². The van der Waals surface area contributed by atoms with Crippen LogP contribution in [-0.4, -0.2) is 56.0 Å². The molecule has 1 aromatic heterocycles. The SMILES string of the molecule is CO[C@@H]1[C@H](OP(=O)(O)O)[C@@H]([C@H](C)O)O[C@H]1n1ccc(=O)[nH]c1=O. The van der Waals surface area contributed by atoms with Gasteiger partial charge in [0.25, 0.3) is 5.56 Å². The van der Waals surface area contributed by atoms with Crippen molar-refractivity contribution in [2.75, 3.05) is 7.11 Å². The van der Waals surface area contributed by atoms with E-state index in [1.807, 2.05) is 4.98 Å². The second kappa shape index (κ2) is 6.65. The summed E-state index contributed by atoms with van der Waals surface area (Å²) in [5.41, 5.74) is -1.42. The van der Waals surface area contributed by atoms with E-state index in [2.05, 4.69) is 4.52 Å². The lowest BCUT2D eigenvalue weighted by Crippen LogP contribution is -2.41. The van der Waals surface area contributed by atoms with Gasteiger partial charge in [0.15, 0.2) is 6.23 Å². The summed E-state index contributed by atoms with van der Waals surface area (Å²) in [5, 5.41) is 9.75. The van der Waals surface area contributed by atoms with Crippen LogP contribution < -0.4 is 11.2 Å². The molecule has 11 nitrogen and oxygen atoms in total. The first-order chi connectivity index (χ1) is 10.6. The first-order valence-corrected chi connectivity index (χ1v) is 8.09. The summed E-state index contributed by atoms with van der Waals surface area (Å²) in [7, 11) is -3.66. The number of phosphoric acid groups is 1. The Morgan fingerprint density at radius 1 is 1.39 bits per heavy atom. The number of nitrogens with one attached hydrogen (secondary N) is 1. The molecular weight excluding hydrogens is 335 g/mol. The molecule has 1 aliphatic heterocycles. The second-order valence-corrected chi connectivity index (χ2v) is 6.20. The van der Waals surface area contributed by atoms with Crippen molar-refractivity contribution in [3.05, 3.63) is 33.1 Å². The highest BCUT2D eigenvalue weighted by molar-refractivity contribution is 7.46. The fourth-order valence-electron chi connectivity index (χ4n) is 2.43. The van der Waals surface area contributed by atoms with E-state index in [9.17, 15) is 19.3 Å². The Bertz CT molecular complexity index is 708. The van der Waals surface area contributed by atoms with E-state index in [0.29, 0.717) is 0 Å². The van der Waals surface area contributed by atoms with E-state index in [4.69, 9.17) is 19.3 Å². The van der Waals surface area contributed by atoms with Crippen molar-refractivity contribution in [2.24, 2.45) is 0 Å². The normalized spacial score (nSPS) is 29.6. The van der Waals surface area contributed by atoms with Gasteiger partial charge in [0.1, 0.15) is 18.3 Å². The zero-order valence-corrected chi connectivity index (χ0v) is 13.1. The summed E-state index contributed by atoms with van der Waals surface area (Å²) in [4.78, 5) is 43.1. The van der Waals surface area contributed by atoms with Gasteiger partial charge in [0.2, 0.25) is 0 Å². The Hall–Kier alpha value is -1.33. The fourth-order valence-corrected chi connectivity index (χ4v) is 2.99. The molecule has 0 unspecified atom stereocenters. The summed E-state index contributed by atoms with van der Waals surface area (Å²) in [6.07, 6.45) is -4.75. The minimum absolute atomic E-state index is 0.617. The second-order valence-electron chi connectivity index (χ2n) is 5.01. The number of phosphoric ester groups is 1. The first kappa shape index (κ1) is 18.0. The molecule has 23 heavy (non-hydrogen) atoms. The molecule has 2 rings (SSSR count). The molecule has 0 bridgehead atoms. The standard InChI is InChI=1S/C11H17N2O9P/c1-5(14)7-8(22-23(17,18)19)9(20-2)10(21-7)13-4-3-6(15)12-11(13)16/h3-5,7-10,14H,1-2H3,(H,12,15,16)(H2,17,18,19)/t5-,7+,8+,9+,10+/m0/s1. The van der Waals surface area contributed by atoms with Crippen molar-refractivity contribution >= 4 is 7.82 Å². The van der Waals surface area contributed by atoms with E-state index in [0.717, 1.165) is 16.8 Å². The zero-order valence-electron chi connectivity index (χ0n) is 12.2. The summed E-state index contributed by atoms with van der Waals surface area (Å²) in [5.74, 6) is 0. The van der Waals surface area contributed by atoms with Gasteiger partial charge in [-0.15, -0.1) is 0 Å². The van der Waals surface area contributed by atoms with Gasteiger partial charge < -0.3 is 24.4 Å². The van der Waals surface area contributed by atoms with E-state index >= 15 is 0 Å². The van der Waals surface area contributed by atoms with E-state index < -0.39 is 49.7 Å². The molecule has 5 atom stereocenters. The van der Waals surface area contributed by atoms with Crippen molar-refractivity contribution in [1.29, 1.82) is 0 Å². The van der Waals surface area contributed by atoms with Crippen LogP contribution in [0.1, 0.15) is 13.2 Å². The largest absolute Gasteiger partial charge is 0.470 e. The lowest BCUT2D eigenvalue weighted by atomic mass is 10.1. The molecule has 0 spiro atoms. The number of rotatable bonds is 5. The van der Waals surface area contributed by atoms with Crippen LogP contribution >= 0.6 is 7.82 Å². The lowest BCUT2D eigenvalue weighted by molar-refractivity contribution is -0.0823. The number of aliphatic hydroxyl groups is 1. The maximum atomic E-state index is 11.9. The topological polar surface area (TPSA) is 160 Å². The summed E-state index contributed by atoms with van der Waals surface area (Å²) < 4.78 is 27.4. The molecule has 1 aromatic rings. The number of H-pyrrole nitrogens is 1. The van der Waals surface area contributed by atoms with E-state index in [-0.39, 0.29) is 0 Å². The number of nitrogens with zero attached hydrogens (tertiary/aromatic N) is 1. The minimum Gasteiger partial charge on any atom is -0.391 e. The molecular formula is C11H17N2O9P. The van der Waals surface area contributed by atoms with Crippen molar-refractivity contribution in [1.82, 2.24) is 9.55 Å². The van der Waals surface area contributed by atoms with Gasteiger partial charge in [-0.3, -0.25) is 18.9 Å². The number of hydrogen-bond donors (Lipinski definition) is 4. The molecule has 1 fully saturated rings. The van der Waals surface area contributed by atoms with Crippen LogP contribution in [-0.2, 0) is 18.6 Å². The highest BCUT2D eigenvalue weighted by atomic mass is 31.2. The predicted molar refractivity (Wildman–Crippen MR) is 74.6 cm³/mol. The smallest absolute Gasteiger partial charge is 0.391 e. The number of aromatic nitrogens is 2. The molecule has 1 aliphatic rings. The number of aliphatic hydroxyl groups excluding tert-OH is 1. The maximum absolute atomic E-state index is 11.9. The average molecular weight is 352 g/mol. The minimum atomic E-state index is -4.90. The van der Waals surface area contributed by atoms with Crippen molar-refractivity contribution in [3.63, 3.8) is 0 Å². The Kier molecular flexibility index (Phi) is 5.21. The van der Waals surface area contributed by atoms with Gasteiger partial charge in [-0.1, -0.05) is 0 Å². The van der Waals surface area contributed by atoms with Crippen LogP contribution in [0.3, 0.4) is 0 Å². The van der Waals surface area contributed by atoms with Crippen LogP contribution in [0, 0.1) is 0 Å². The van der Waals surface area contributed by atoms with E-state index in [1.165, 1.54) is 14.0 Å². The molecule has 2 heterocycles. The number of hydrogen-bond acceptors (Lipinski definition) is 7. The third kappa shape index (κ3) is 3.96. The Labute approximate surface area is 129 Å². The summed E-state index contributed by atoms with van der Waals surface area (Å²) >= 11 is 0. The quantitative estimate of drug-likeness (QED) is 0.453. The number of ether oxygens (including phenoxy) is 2. The molecule has 0 aromatic carbocycles. The van der Waals surface area contributed by atoms with Crippen molar-refractivity contribution in [2.45, 2.75) is 37.6 Å². The van der Waals surface area contributed by atoms with Gasteiger partial charge in [-0.2, -0.15) is 0 Å². The van der Waals surface area contributed by atoms with Crippen LogP contribution in [0.25, 0.3) is 0 Å². The molecule has 130 valence electrons. The van der Waals surface area contributed by atoms with E-state index in [1.54, 1.807) is 0 Å². The predicted octanol–water partition coefficient (Wildman–Crippen LogP) is -1.69. The Balaban J connectivity index is 2.43. The van der Waals surface area contributed by atoms with Crippen LogP contribution in [0.15, 0.2) is 21.9 Å².